The van der Waals surface area contributed by atoms with E-state index in [1.807, 2.05) is 18.2 Å². The fourth-order valence-corrected chi connectivity index (χ4v) is 6.28. The summed E-state index contributed by atoms with van der Waals surface area (Å²) >= 11 is 0. The molecule has 0 saturated carbocycles. The third-order valence-electron chi connectivity index (χ3n) is 8.87. The minimum Gasteiger partial charge on any atom is -0.494 e. The van der Waals surface area contributed by atoms with Gasteiger partial charge in [-0.1, -0.05) is 25.9 Å². The molecule has 2 aromatic carbocycles. The Morgan fingerprint density at radius 1 is 1.05 bits per heavy atom. The van der Waals surface area contributed by atoms with Crippen molar-refractivity contribution in [2.24, 2.45) is 17.6 Å². The minimum absolute atomic E-state index is 0. The topological polar surface area (TPSA) is 95.2 Å². The lowest BCUT2D eigenvalue weighted by atomic mass is 9.84. The van der Waals surface area contributed by atoms with Gasteiger partial charge in [0.25, 0.3) is 0 Å². The van der Waals surface area contributed by atoms with Crippen LogP contribution in [0.5, 0.6) is 5.75 Å². The average Bonchev–Trinajstić information content (AvgIpc) is 3.59. The Kier molecular flexibility index (Phi) is 10.6. The standard InChI is InChI=1S/C31H38F2N6O2.2ClH/c1-18(2)30-36-31(41-37-30)38-11-8-20(9-12-38)19(3)10-13-40-22-5-7-28-27(15-22)35-29-16-24(26(34)17-39(28)29)23-14-21(32)4-6-25(23)33;;/h4-7,14-15,18-20,24,26H,8-13,16-17,34H2,1-3H3;2*1H/t19-,24-,26+;;/m1../s1. The first kappa shape index (κ1) is 33.0. The Bertz CT molecular complexity index is 1520. The summed E-state index contributed by atoms with van der Waals surface area (Å²) < 4.78 is 42.1. The second kappa shape index (κ2) is 13.8. The quantitative estimate of drug-likeness (QED) is 0.231. The second-order valence-electron chi connectivity index (χ2n) is 12.0. The van der Waals surface area contributed by atoms with Crippen molar-refractivity contribution >= 4 is 41.9 Å². The van der Waals surface area contributed by atoms with Gasteiger partial charge < -0.3 is 24.5 Å². The van der Waals surface area contributed by atoms with Gasteiger partial charge >= 0.3 is 6.01 Å². The number of rotatable bonds is 8. The number of aromatic nitrogens is 4. The largest absolute Gasteiger partial charge is 0.494 e. The molecule has 2 N–H and O–H groups in total. The summed E-state index contributed by atoms with van der Waals surface area (Å²) in [5, 5.41) is 4.10. The van der Waals surface area contributed by atoms with E-state index in [1.165, 1.54) is 12.1 Å². The maximum Gasteiger partial charge on any atom is 0.324 e. The van der Waals surface area contributed by atoms with Crippen LogP contribution in [0.2, 0.25) is 0 Å². The van der Waals surface area contributed by atoms with Crippen molar-refractivity contribution in [2.75, 3.05) is 24.6 Å². The lowest BCUT2D eigenvalue weighted by Gasteiger charge is -2.33. The normalized spacial score (nSPS) is 19.6. The van der Waals surface area contributed by atoms with Gasteiger partial charge in [-0.15, -0.1) is 24.8 Å². The van der Waals surface area contributed by atoms with Crippen molar-refractivity contribution in [3.8, 4) is 5.75 Å². The maximum absolute atomic E-state index is 14.5. The van der Waals surface area contributed by atoms with Crippen molar-refractivity contribution in [1.29, 1.82) is 0 Å². The molecule has 8 nitrogen and oxygen atoms in total. The molecule has 0 bridgehead atoms. The molecule has 0 aliphatic carbocycles. The van der Waals surface area contributed by atoms with Crippen LogP contribution in [-0.4, -0.2) is 45.4 Å². The van der Waals surface area contributed by atoms with Gasteiger partial charge in [-0.25, -0.2) is 13.8 Å². The summed E-state index contributed by atoms with van der Waals surface area (Å²) in [6.07, 6.45) is 3.61. The van der Waals surface area contributed by atoms with E-state index < -0.39 is 11.6 Å². The summed E-state index contributed by atoms with van der Waals surface area (Å²) in [5.74, 6) is 2.57. The first-order chi connectivity index (χ1) is 19.8. The number of piperidine rings is 1. The van der Waals surface area contributed by atoms with Crippen LogP contribution in [0.25, 0.3) is 11.0 Å². The van der Waals surface area contributed by atoms with E-state index >= 15 is 0 Å². The molecule has 1 fully saturated rings. The van der Waals surface area contributed by atoms with Gasteiger partial charge in [0.15, 0.2) is 5.82 Å². The molecule has 4 aromatic rings. The fraction of sp³-hybridized carbons (Fsp3) is 0.516. The molecule has 1 saturated heterocycles. The number of hydrogen-bond acceptors (Lipinski definition) is 7. The minimum atomic E-state index is -0.460. The molecule has 0 radical (unpaired) electrons. The zero-order chi connectivity index (χ0) is 28.7. The van der Waals surface area contributed by atoms with Crippen molar-refractivity contribution in [2.45, 2.75) is 70.9 Å². The van der Waals surface area contributed by atoms with Gasteiger partial charge in [0.1, 0.15) is 23.2 Å². The number of imidazole rings is 1. The number of nitrogens with two attached hydrogens (primary N) is 1. The van der Waals surface area contributed by atoms with Crippen molar-refractivity contribution in [1.82, 2.24) is 19.7 Å². The van der Waals surface area contributed by atoms with Gasteiger partial charge in [-0.3, -0.25) is 0 Å². The molecule has 3 atom stereocenters. The third kappa shape index (κ3) is 6.91. The SMILES string of the molecule is CC(C)c1noc(N2CCC([C@H](C)CCOc3ccc4c(c3)nc3n4C[C@H](N)[C@@H](c4cc(F)ccc4F)C3)CC2)n1.Cl.Cl. The fourth-order valence-electron chi connectivity index (χ4n) is 6.28. The van der Waals surface area contributed by atoms with Crippen molar-refractivity contribution in [3.05, 3.63) is 65.2 Å². The van der Waals surface area contributed by atoms with Crippen LogP contribution in [0.4, 0.5) is 14.8 Å². The maximum atomic E-state index is 14.5. The van der Waals surface area contributed by atoms with Gasteiger partial charge in [0.05, 0.1) is 17.6 Å². The lowest BCUT2D eigenvalue weighted by Crippen LogP contribution is -2.39. The van der Waals surface area contributed by atoms with Crippen LogP contribution >= 0.6 is 24.8 Å². The zero-order valence-corrected chi connectivity index (χ0v) is 26.3. The predicted octanol–water partition coefficient (Wildman–Crippen LogP) is 6.65. The number of anilines is 1. The summed E-state index contributed by atoms with van der Waals surface area (Å²) in [4.78, 5) is 11.6. The number of fused-ring (bicyclic) bond motifs is 3. The molecule has 4 heterocycles. The highest BCUT2D eigenvalue weighted by molar-refractivity contribution is 5.85. The molecule has 2 aromatic heterocycles. The molecule has 0 amide bonds. The zero-order valence-electron chi connectivity index (χ0n) is 24.7. The lowest BCUT2D eigenvalue weighted by molar-refractivity contribution is 0.220. The Morgan fingerprint density at radius 2 is 1.81 bits per heavy atom. The number of benzene rings is 2. The first-order valence-corrected chi connectivity index (χ1v) is 14.7. The molecular formula is C31H40Cl2F2N6O2. The molecular weight excluding hydrogens is 597 g/mol. The Morgan fingerprint density at radius 3 is 2.53 bits per heavy atom. The Hall–Kier alpha value is -2.95. The van der Waals surface area contributed by atoms with Crippen molar-refractivity contribution < 1.29 is 18.0 Å². The number of hydrogen-bond donors (Lipinski definition) is 1. The van der Waals surface area contributed by atoms with Crippen LogP contribution in [-0.2, 0) is 13.0 Å². The van der Waals surface area contributed by atoms with E-state index in [0.717, 1.165) is 66.9 Å². The summed E-state index contributed by atoms with van der Waals surface area (Å²) in [7, 11) is 0. The van der Waals surface area contributed by atoms with Crippen LogP contribution in [0, 0.1) is 23.5 Å². The van der Waals surface area contributed by atoms with E-state index in [1.54, 1.807) is 0 Å². The smallest absolute Gasteiger partial charge is 0.324 e. The van der Waals surface area contributed by atoms with Crippen LogP contribution in [0.15, 0.2) is 40.9 Å². The second-order valence-corrected chi connectivity index (χ2v) is 12.0. The number of nitrogens with zero attached hydrogens (tertiary/aromatic N) is 5. The van der Waals surface area contributed by atoms with Crippen molar-refractivity contribution in [3.63, 3.8) is 0 Å². The summed E-state index contributed by atoms with van der Waals surface area (Å²) in [6.45, 7) is 9.41. The molecule has 0 spiro atoms. The predicted molar refractivity (Wildman–Crippen MR) is 168 cm³/mol. The Labute approximate surface area is 263 Å². The molecule has 0 unspecified atom stereocenters. The monoisotopic (exact) mass is 636 g/mol. The van der Waals surface area contributed by atoms with Gasteiger partial charge in [-0.2, -0.15) is 4.98 Å². The van der Waals surface area contributed by atoms with Crippen LogP contribution in [0.1, 0.15) is 69.1 Å². The highest BCUT2D eigenvalue weighted by Crippen LogP contribution is 2.34. The van der Waals surface area contributed by atoms with Crippen LogP contribution in [0.3, 0.4) is 0 Å². The summed E-state index contributed by atoms with van der Waals surface area (Å²) in [6, 6.07) is 9.79. The van der Waals surface area contributed by atoms with E-state index in [4.69, 9.17) is 20.0 Å². The molecule has 12 heteroatoms. The molecule has 2 aliphatic rings. The number of halogens is 4. The highest BCUT2D eigenvalue weighted by atomic mass is 35.5. The number of ether oxygens (including phenoxy) is 1. The van der Waals surface area contributed by atoms with Gasteiger partial charge in [-0.05, 0) is 67.0 Å². The Balaban J connectivity index is 0.00000212. The van der Waals surface area contributed by atoms with E-state index in [-0.39, 0.29) is 42.7 Å². The van der Waals surface area contributed by atoms with Gasteiger partial charge in [0.2, 0.25) is 0 Å². The van der Waals surface area contributed by atoms with Crippen LogP contribution < -0.4 is 15.4 Å². The van der Waals surface area contributed by atoms with E-state index in [0.29, 0.717) is 43.0 Å². The molecule has 234 valence electrons. The first-order valence-electron chi connectivity index (χ1n) is 14.7. The summed E-state index contributed by atoms with van der Waals surface area (Å²) in [5.41, 5.74) is 8.57. The van der Waals surface area contributed by atoms with E-state index in [9.17, 15) is 8.78 Å². The molecule has 43 heavy (non-hydrogen) atoms. The third-order valence-corrected chi connectivity index (χ3v) is 8.87. The average molecular weight is 638 g/mol. The molecule has 6 rings (SSSR count). The molecule has 2 aliphatic heterocycles. The van der Waals surface area contributed by atoms with E-state index in [2.05, 4.69) is 40.4 Å². The van der Waals surface area contributed by atoms with Gasteiger partial charge in [0, 0.05) is 50.0 Å². The highest BCUT2D eigenvalue weighted by Gasteiger charge is 2.32.